The summed E-state index contributed by atoms with van der Waals surface area (Å²) < 4.78 is 1.50. The van der Waals surface area contributed by atoms with E-state index in [2.05, 4.69) is 29.3 Å². The average Bonchev–Trinajstić information content (AvgIpc) is 2.60. The third kappa shape index (κ3) is 2.00. The zero-order valence-electron chi connectivity index (χ0n) is 6.45. The molecule has 1 aromatic rings. The molecule has 0 aliphatic heterocycles. The van der Waals surface area contributed by atoms with E-state index in [1.165, 1.54) is 29.9 Å². The van der Waals surface area contributed by atoms with E-state index < -0.39 is 0 Å². The van der Waals surface area contributed by atoms with Gasteiger partial charge in [-0.15, -0.1) is 23.1 Å². The van der Waals surface area contributed by atoms with E-state index in [9.17, 15) is 0 Å². The van der Waals surface area contributed by atoms with Crippen molar-refractivity contribution in [2.24, 2.45) is 0 Å². The zero-order chi connectivity index (χ0) is 7.52. The van der Waals surface area contributed by atoms with E-state index in [0.717, 1.165) is 5.25 Å². The predicted octanol–water partition coefficient (Wildman–Crippen LogP) is 3.78. The molecule has 0 unspecified atom stereocenters. The Morgan fingerprint density at radius 3 is 2.82 bits per heavy atom. The summed E-state index contributed by atoms with van der Waals surface area (Å²) in [7, 11) is 0. The fourth-order valence-electron chi connectivity index (χ4n) is 1.50. The minimum Gasteiger partial charge on any atom is -0.137 e. The van der Waals surface area contributed by atoms with Crippen molar-refractivity contribution in [3.63, 3.8) is 0 Å². The average molecular weight is 184 g/mol. The Morgan fingerprint density at radius 2 is 2.18 bits per heavy atom. The number of rotatable bonds is 2. The van der Waals surface area contributed by atoms with Crippen molar-refractivity contribution in [1.82, 2.24) is 0 Å². The molecule has 1 heterocycles. The Kier molecular flexibility index (Phi) is 2.54. The summed E-state index contributed by atoms with van der Waals surface area (Å²) in [4.78, 5) is 0. The lowest BCUT2D eigenvalue weighted by Gasteiger charge is -2.04. The molecule has 0 atom stereocenters. The van der Waals surface area contributed by atoms with Gasteiger partial charge in [0.1, 0.15) is 0 Å². The summed E-state index contributed by atoms with van der Waals surface area (Å²) in [6.45, 7) is 0. The van der Waals surface area contributed by atoms with Crippen LogP contribution in [0.4, 0.5) is 0 Å². The fourth-order valence-corrected chi connectivity index (χ4v) is 3.80. The van der Waals surface area contributed by atoms with Gasteiger partial charge in [-0.2, -0.15) is 0 Å². The second-order valence-corrected chi connectivity index (χ2v) is 5.50. The van der Waals surface area contributed by atoms with Gasteiger partial charge in [0.2, 0.25) is 0 Å². The molecule has 1 aromatic heterocycles. The van der Waals surface area contributed by atoms with Gasteiger partial charge < -0.3 is 0 Å². The molecule has 0 bridgehead atoms. The topological polar surface area (TPSA) is 0 Å². The van der Waals surface area contributed by atoms with Crippen molar-refractivity contribution in [3.05, 3.63) is 17.5 Å². The lowest BCUT2D eigenvalue weighted by Crippen LogP contribution is -1.90. The highest BCUT2D eigenvalue weighted by Crippen LogP contribution is 2.36. The summed E-state index contributed by atoms with van der Waals surface area (Å²) in [5.74, 6) is 0. The van der Waals surface area contributed by atoms with Gasteiger partial charge in [-0.25, -0.2) is 0 Å². The fraction of sp³-hybridized carbons (Fsp3) is 0.556. The van der Waals surface area contributed by atoms with E-state index >= 15 is 0 Å². The Labute approximate surface area is 76.0 Å². The first kappa shape index (κ1) is 7.69. The van der Waals surface area contributed by atoms with Crippen LogP contribution in [0.1, 0.15) is 25.7 Å². The molecule has 0 spiro atoms. The van der Waals surface area contributed by atoms with Crippen LogP contribution >= 0.6 is 23.1 Å². The maximum Gasteiger partial charge on any atom is 0.0601 e. The zero-order valence-corrected chi connectivity index (χ0v) is 8.09. The molecule has 2 heteroatoms. The standard InChI is InChI=1S/C9H12S2/c1-2-5-8(4-1)11-9-6-3-7-10-9/h3,6-8H,1-2,4-5H2. The van der Waals surface area contributed by atoms with E-state index in [1.54, 1.807) is 0 Å². The van der Waals surface area contributed by atoms with Crippen LogP contribution in [0.15, 0.2) is 21.7 Å². The molecule has 0 amide bonds. The van der Waals surface area contributed by atoms with Crippen molar-refractivity contribution in [2.45, 2.75) is 35.1 Å². The van der Waals surface area contributed by atoms with Crippen LogP contribution in [-0.2, 0) is 0 Å². The molecular formula is C9H12S2. The molecule has 1 saturated carbocycles. The first-order valence-electron chi connectivity index (χ1n) is 4.15. The second kappa shape index (κ2) is 3.63. The Bertz CT molecular complexity index is 197. The largest absolute Gasteiger partial charge is 0.137 e. The van der Waals surface area contributed by atoms with Crippen molar-refractivity contribution < 1.29 is 0 Å². The second-order valence-electron chi connectivity index (χ2n) is 2.96. The quantitative estimate of drug-likeness (QED) is 0.674. The minimum absolute atomic E-state index is 0.925. The minimum atomic E-state index is 0.925. The predicted molar refractivity (Wildman–Crippen MR) is 52.4 cm³/mol. The van der Waals surface area contributed by atoms with Crippen molar-refractivity contribution in [3.8, 4) is 0 Å². The SMILES string of the molecule is c1csc(SC2CCCC2)c1. The molecule has 0 nitrogen and oxygen atoms in total. The van der Waals surface area contributed by atoms with Crippen LogP contribution in [0.5, 0.6) is 0 Å². The number of thioether (sulfide) groups is 1. The molecule has 0 aromatic carbocycles. The van der Waals surface area contributed by atoms with Crippen molar-refractivity contribution >= 4 is 23.1 Å². The Hall–Kier alpha value is 0.0500. The van der Waals surface area contributed by atoms with Crippen LogP contribution in [0.3, 0.4) is 0 Å². The van der Waals surface area contributed by atoms with Gasteiger partial charge in [0.05, 0.1) is 4.21 Å². The first-order chi connectivity index (χ1) is 5.45. The van der Waals surface area contributed by atoms with Crippen LogP contribution in [0.25, 0.3) is 0 Å². The van der Waals surface area contributed by atoms with Gasteiger partial charge in [-0.1, -0.05) is 18.9 Å². The van der Waals surface area contributed by atoms with Crippen LogP contribution in [-0.4, -0.2) is 5.25 Å². The van der Waals surface area contributed by atoms with Gasteiger partial charge in [0.25, 0.3) is 0 Å². The molecule has 0 saturated heterocycles. The number of thiophene rings is 1. The van der Waals surface area contributed by atoms with E-state index in [1.807, 2.05) is 11.3 Å². The van der Waals surface area contributed by atoms with Crippen molar-refractivity contribution in [1.29, 1.82) is 0 Å². The van der Waals surface area contributed by atoms with Gasteiger partial charge in [0, 0.05) is 5.25 Å². The monoisotopic (exact) mass is 184 g/mol. The summed E-state index contributed by atoms with van der Waals surface area (Å²) in [5.41, 5.74) is 0. The lowest BCUT2D eigenvalue weighted by atomic mass is 10.4. The molecular weight excluding hydrogens is 172 g/mol. The third-order valence-electron chi connectivity index (χ3n) is 2.08. The molecule has 0 radical (unpaired) electrons. The maximum atomic E-state index is 2.23. The normalized spacial score (nSPS) is 19.3. The van der Waals surface area contributed by atoms with Gasteiger partial charge >= 0.3 is 0 Å². The number of hydrogen-bond donors (Lipinski definition) is 0. The Balaban J connectivity index is 1.90. The van der Waals surface area contributed by atoms with Crippen LogP contribution in [0, 0.1) is 0 Å². The summed E-state index contributed by atoms with van der Waals surface area (Å²) in [6.07, 6.45) is 5.76. The molecule has 2 rings (SSSR count). The summed E-state index contributed by atoms with van der Waals surface area (Å²) in [5, 5.41) is 3.09. The molecule has 1 fully saturated rings. The molecule has 1 aliphatic carbocycles. The molecule has 11 heavy (non-hydrogen) atoms. The van der Waals surface area contributed by atoms with Crippen LogP contribution in [0.2, 0.25) is 0 Å². The van der Waals surface area contributed by atoms with Crippen molar-refractivity contribution in [2.75, 3.05) is 0 Å². The third-order valence-corrected chi connectivity index (χ3v) is 4.49. The maximum absolute atomic E-state index is 2.23. The van der Waals surface area contributed by atoms with Gasteiger partial charge in [-0.3, -0.25) is 0 Å². The molecule has 0 N–H and O–H groups in total. The Morgan fingerprint density at radius 1 is 1.36 bits per heavy atom. The highest BCUT2D eigenvalue weighted by Gasteiger charge is 2.15. The highest BCUT2D eigenvalue weighted by atomic mass is 32.2. The summed E-state index contributed by atoms with van der Waals surface area (Å²) >= 11 is 3.95. The van der Waals surface area contributed by atoms with Gasteiger partial charge in [-0.05, 0) is 24.3 Å². The van der Waals surface area contributed by atoms with Crippen LogP contribution < -0.4 is 0 Å². The highest BCUT2D eigenvalue weighted by molar-refractivity contribution is 8.01. The smallest absolute Gasteiger partial charge is 0.0601 e. The van der Waals surface area contributed by atoms with E-state index in [-0.39, 0.29) is 0 Å². The first-order valence-corrected chi connectivity index (χ1v) is 5.91. The molecule has 60 valence electrons. The summed E-state index contributed by atoms with van der Waals surface area (Å²) in [6, 6.07) is 4.37. The number of hydrogen-bond acceptors (Lipinski definition) is 2. The lowest BCUT2D eigenvalue weighted by molar-refractivity contribution is 0.886. The van der Waals surface area contributed by atoms with Gasteiger partial charge in [0.15, 0.2) is 0 Å². The van der Waals surface area contributed by atoms with E-state index in [4.69, 9.17) is 0 Å². The van der Waals surface area contributed by atoms with E-state index in [0.29, 0.717) is 0 Å². The molecule has 1 aliphatic rings.